The highest BCUT2D eigenvalue weighted by Crippen LogP contribution is 2.34. The second-order valence-corrected chi connectivity index (χ2v) is 6.05. The number of pyridine rings is 1. The summed E-state index contributed by atoms with van der Waals surface area (Å²) in [6, 6.07) is 16.2. The molecular weight excluding hydrogens is 325 g/mol. The molecule has 0 aliphatic rings. The van der Waals surface area contributed by atoms with Crippen LogP contribution >= 0.6 is 11.6 Å². The van der Waals surface area contributed by atoms with Gasteiger partial charge in [0.15, 0.2) is 0 Å². The minimum absolute atomic E-state index is 0.0851. The molecule has 2 aromatic carbocycles. The van der Waals surface area contributed by atoms with Crippen LogP contribution in [0.15, 0.2) is 60.8 Å². The largest absolute Gasteiger partial charge is 0.481 e. The van der Waals surface area contributed by atoms with Crippen LogP contribution in [0.25, 0.3) is 11.1 Å². The maximum atomic E-state index is 13.1. The second kappa shape index (κ2) is 7.02. The molecule has 0 aliphatic heterocycles. The van der Waals surface area contributed by atoms with Gasteiger partial charge in [-0.15, -0.1) is 0 Å². The first kappa shape index (κ1) is 16.5. The predicted octanol–water partition coefficient (Wildman–Crippen LogP) is 5.70. The number of nitrogens with zero attached hydrogens (tertiary/aromatic N) is 1. The first-order valence-corrected chi connectivity index (χ1v) is 8.01. The van der Waals surface area contributed by atoms with Gasteiger partial charge < -0.3 is 4.74 Å². The van der Waals surface area contributed by atoms with Crippen molar-refractivity contribution in [1.29, 1.82) is 0 Å². The summed E-state index contributed by atoms with van der Waals surface area (Å²) in [6.45, 7) is 2.07. The zero-order chi connectivity index (χ0) is 17.1. The van der Waals surface area contributed by atoms with Gasteiger partial charge in [-0.25, -0.2) is 9.37 Å². The zero-order valence-corrected chi connectivity index (χ0v) is 14.2. The monoisotopic (exact) mass is 341 g/mol. The van der Waals surface area contributed by atoms with E-state index >= 15 is 0 Å². The van der Waals surface area contributed by atoms with E-state index in [2.05, 4.69) is 11.9 Å². The smallest absolute Gasteiger partial charge is 0.221 e. The number of aromatic nitrogens is 1. The van der Waals surface area contributed by atoms with Crippen molar-refractivity contribution < 1.29 is 9.13 Å². The average Bonchev–Trinajstić information content (AvgIpc) is 2.61. The molecule has 0 fully saturated rings. The Kier molecular flexibility index (Phi) is 4.81. The van der Waals surface area contributed by atoms with E-state index in [-0.39, 0.29) is 11.7 Å². The molecule has 3 aromatic rings. The molecule has 0 N–H and O–H groups in total. The second-order valence-electron chi connectivity index (χ2n) is 5.61. The van der Waals surface area contributed by atoms with Gasteiger partial charge in [0, 0.05) is 22.7 Å². The molecular formula is C20H17ClFNO. The van der Waals surface area contributed by atoms with Crippen molar-refractivity contribution in [2.45, 2.75) is 12.8 Å². The molecule has 3 rings (SSSR count). The number of methoxy groups -OCH3 is 1. The Balaban J connectivity index is 2.04. The van der Waals surface area contributed by atoms with E-state index in [0.717, 1.165) is 22.3 Å². The van der Waals surface area contributed by atoms with Gasteiger partial charge in [0.1, 0.15) is 5.82 Å². The molecule has 1 atom stereocenters. The third kappa shape index (κ3) is 3.41. The lowest BCUT2D eigenvalue weighted by Gasteiger charge is -2.15. The maximum Gasteiger partial charge on any atom is 0.221 e. The van der Waals surface area contributed by atoms with Crippen LogP contribution in [-0.2, 0) is 0 Å². The normalized spacial score (nSPS) is 12.0. The van der Waals surface area contributed by atoms with Gasteiger partial charge in [0.05, 0.1) is 7.11 Å². The first-order chi connectivity index (χ1) is 11.6. The quantitative estimate of drug-likeness (QED) is 0.607. The Morgan fingerprint density at radius 3 is 2.46 bits per heavy atom. The molecule has 1 aromatic heterocycles. The van der Waals surface area contributed by atoms with Gasteiger partial charge >= 0.3 is 0 Å². The van der Waals surface area contributed by atoms with E-state index in [1.54, 1.807) is 25.4 Å². The van der Waals surface area contributed by atoms with Crippen LogP contribution in [0.3, 0.4) is 0 Å². The summed E-state index contributed by atoms with van der Waals surface area (Å²) in [7, 11) is 1.60. The fourth-order valence-electron chi connectivity index (χ4n) is 2.67. The van der Waals surface area contributed by atoms with Crippen molar-refractivity contribution in [3.8, 4) is 17.0 Å². The molecule has 0 radical (unpaired) electrons. The van der Waals surface area contributed by atoms with Crippen LogP contribution in [0.5, 0.6) is 5.88 Å². The minimum atomic E-state index is -0.238. The molecule has 0 amide bonds. The summed E-state index contributed by atoms with van der Waals surface area (Å²) in [5.41, 5.74) is 3.88. The molecule has 4 heteroatoms. The van der Waals surface area contributed by atoms with Crippen LogP contribution in [0, 0.1) is 5.82 Å². The van der Waals surface area contributed by atoms with Crippen molar-refractivity contribution in [3.63, 3.8) is 0 Å². The Hall–Kier alpha value is -2.39. The molecule has 1 heterocycles. The molecule has 0 aliphatic carbocycles. The minimum Gasteiger partial charge on any atom is -0.481 e. The number of benzene rings is 2. The fraction of sp³-hybridized carbons (Fsp3) is 0.150. The van der Waals surface area contributed by atoms with Crippen LogP contribution in [0.1, 0.15) is 24.0 Å². The van der Waals surface area contributed by atoms with E-state index < -0.39 is 0 Å². The number of halogens is 2. The molecule has 2 nitrogen and oxygen atoms in total. The summed E-state index contributed by atoms with van der Waals surface area (Å²) in [5, 5.41) is 0.659. The van der Waals surface area contributed by atoms with Gasteiger partial charge in [-0.3, -0.25) is 0 Å². The lowest BCUT2D eigenvalue weighted by atomic mass is 9.92. The lowest BCUT2D eigenvalue weighted by molar-refractivity contribution is 0.399. The van der Waals surface area contributed by atoms with Gasteiger partial charge in [-0.1, -0.05) is 42.8 Å². The highest BCUT2D eigenvalue weighted by Gasteiger charge is 2.14. The van der Waals surface area contributed by atoms with Gasteiger partial charge in [0.2, 0.25) is 5.88 Å². The zero-order valence-electron chi connectivity index (χ0n) is 13.5. The van der Waals surface area contributed by atoms with E-state index in [9.17, 15) is 4.39 Å². The Morgan fingerprint density at radius 1 is 1.04 bits per heavy atom. The number of ether oxygens (including phenoxy) is 1. The summed E-state index contributed by atoms with van der Waals surface area (Å²) in [5.74, 6) is 0.396. The number of hydrogen-bond acceptors (Lipinski definition) is 2. The molecule has 1 unspecified atom stereocenters. The van der Waals surface area contributed by atoms with Crippen LogP contribution < -0.4 is 4.74 Å². The summed E-state index contributed by atoms with van der Waals surface area (Å²) < 4.78 is 18.5. The third-order valence-corrected chi connectivity index (χ3v) is 4.31. The van der Waals surface area contributed by atoms with Crippen molar-refractivity contribution in [2.24, 2.45) is 0 Å². The molecule has 0 saturated heterocycles. The van der Waals surface area contributed by atoms with Gasteiger partial charge in [-0.2, -0.15) is 0 Å². The maximum absolute atomic E-state index is 13.1. The Bertz CT molecular complexity index is 849. The van der Waals surface area contributed by atoms with E-state index in [4.69, 9.17) is 16.3 Å². The van der Waals surface area contributed by atoms with Crippen molar-refractivity contribution in [1.82, 2.24) is 4.98 Å². The van der Waals surface area contributed by atoms with Gasteiger partial charge in [0.25, 0.3) is 0 Å². The van der Waals surface area contributed by atoms with Crippen molar-refractivity contribution in [3.05, 3.63) is 82.8 Å². The van der Waals surface area contributed by atoms with E-state index in [1.807, 2.05) is 30.3 Å². The molecule has 0 spiro atoms. The van der Waals surface area contributed by atoms with Crippen LogP contribution in [0.2, 0.25) is 5.02 Å². The fourth-order valence-corrected chi connectivity index (χ4v) is 2.86. The van der Waals surface area contributed by atoms with Crippen LogP contribution in [0.4, 0.5) is 4.39 Å². The highest BCUT2D eigenvalue weighted by atomic mass is 35.5. The topological polar surface area (TPSA) is 22.1 Å². The molecule has 24 heavy (non-hydrogen) atoms. The Morgan fingerprint density at radius 2 is 1.79 bits per heavy atom. The lowest BCUT2D eigenvalue weighted by Crippen LogP contribution is -2.00. The third-order valence-electron chi connectivity index (χ3n) is 4.07. The predicted molar refractivity (Wildman–Crippen MR) is 95.2 cm³/mol. The van der Waals surface area contributed by atoms with Crippen LogP contribution in [-0.4, -0.2) is 12.1 Å². The summed E-state index contributed by atoms with van der Waals surface area (Å²) in [4.78, 5) is 4.43. The van der Waals surface area contributed by atoms with Crippen molar-refractivity contribution >= 4 is 11.6 Å². The molecule has 122 valence electrons. The SMILES string of the molecule is COc1ncc(C(C)c2ccc(F)cc2)cc1-c1cccc(Cl)c1. The first-order valence-electron chi connectivity index (χ1n) is 7.64. The van der Waals surface area contributed by atoms with E-state index in [0.29, 0.717) is 10.9 Å². The number of rotatable bonds is 4. The standard InChI is InChI=1S/C20H17ClFNO/c1-13(14-6-8-18(22)9-7-14)16-11-19(20(24-2)23-12-16)15-4-3-5-17(21)10-15/h3-13H,1-2H3. The number of hydrogen-bond donors (Lipinski definition) is 0. The summed E-state index contributed by atoms with van der Waals surface area (Å²) in [6.07, 6.45) is 1.79. The summed E-state index contributed by atoms with van der Waals surface area (Å²) >= 11 is 6.11. The Labute approximate surface area is 145 Å². The van der Waals surface area contributed by atoms with Gasteiger partial charge in [-0.05, 0) is 47.0 Å². The van der Waals surface area contributed by atoms with E-state index in [1.165, 1.54) is 12.1 Å². The molecule has 0 bridgehead atoms. The van der Waals surface area contributed by atoms with Crippen molar-refractivity contribution in [2.75, 3.05) is 7.11 Å². The average molecular weight is 342 g/mol. The highest BCUT2D eigenvalue weighted by molar-refractivity contribution is 6.30. The molecule has 0 saturated carbocycles.